The maximum Gasteiger partial charge on any atom is 0.175 e. The lowest BCUT2D eigenvalue weighted by Crippen LogP contribution is -2.09. The van der Waals surface area contributed by atoms with Gasteiger partial charge in [0.25, 0.3) is 0 Å². The number of benzene rings is 1. The van der Waals surface area contributed by atoms with Crippen LogP contribution in [0, 0.1) is 0 Å². The van der Waals surface area contributed by atoms with Crippen molar-refractivity contribution in [1.29, 1.82) is 0 Å². The van der Waals surface area contributed by atoms with Crippen LogP contribution in [0.4, 0.5) is 0 Å². The molecule has 3 rings (SSSR count). The number of nitrogens with two attached hydrogens (primary N) is 1. The van der Waals surface area contributed by atoms with Crippen molar-refractivity contribution in [2.75, 3.05) is 6.54 Å². The molecule has 2 N–H and O–H groups in total. The summed E-state index contributed by atoms with van der Waals surface area (Å²) in [4.78, 5) is 1.22. The van der Waals surface area contributed by atoms with Crippen molar-refractivity contribution in [3.63, 3.8) is 0 Å². The quantitative estimate of drug-likeness (QED) is 0.733. The molecule has 0 unspecified atom stereocenters. The van der Waals surface area contributed by atoms with Crippen LogP contribution >= 0.6 is 11.3 Å². The Hall–Kier alpha value is -1.78. The summed E-state index contributed by atoms with van der Waals surface area (Å²) in [5.74, 6) is 0.794. The van der Waals surface area contributed by atoms with Gasteiger partial charge in [-0.2, -0.15) is 0 Å². The lowest BCUT2D eigenvalue weighted by atomic mass is 10.1. The van der Waals surface area contributed by atoms with Crippen molar-refractivity contribution in [1.82, 2.24) is 0 Å². The lowest BCUT2D eigenvalue weighted by Gasteiger charge is -2.17. The van der Waals surface area contributed by atoms with E-state index in [1.54, 1.807) is 17.6 Å². The fourth-order valence-corrected chi connectivity index (χ4v) is 3.04. The van der Waals surface area contributed by atoms with E-state index in [0.29, 0.717) is 6.54 Å². The average molecular weight is 287 g/mol. The minimum absolute atomic E-state index is 0.0363. The molecular weight excluding hydrogens is 270 g/mol. The maximum atomic E-state index is 6.19. The summed E-state index contributed by atoms with van der Waals surface area (Å²) in [5, 5.41) is 3.13. The van der Waals surface area contributed by atoms with Crippen LogP contribution in [0.25, 0.3) is 11.0 Å². The number of thiophene rings is 1. The van der Waals surface area contributed by atoms with Gasteiger partial charge in [0, 0.05) is 10.3 Å². The number of ether oxygens (including phenoxy) is 1. The molecule has 2 heterocycles. The molecule has 0 aliphatic carbocycles. The molecule has 0 saturated heterocycles. The largest absolute Gasteiger partial charge is 0.481 e. The molecule has 4 heteroatoms. The van der Waals surface area contributed by atoms with Crippen LogP contribution in [0.15, 0.2) is 52.5 Å². The van der Waals surface area contributed by atoms with Gasteiger partial charge in [-0.3, -0.25) is 0 Å². The molecule has 3 nitrogen and oxygen atoms in total. The van der Waals surface area contributed by atoms with E-state index in [1.165, 1.54) is 4.88 Å². The van der Waals surface area contributed by atoms with Crippen molar-refractivity contribution >= 4 is 22.3 Å². The van der Waals surface area contributed by atoms with Gasteiger partial charge in [0.1, 0.15) is 6.10 Å². The van der Waals surface area contributed by atoms with E-state index >= 15 is 0 Å². The molecular formula is C16H17NO2S. The van der Waals surface area contributed by atoms with E-state index in [9.17, 15) is 0 Å². The monoisotopic (exact) mass is 287 g/mol. The minimum atomic E-state index is 0.0363. The molecule has 20 heavy (non-hydrogen) atoms. The predicted octanol–water partition coefficient (Wildman–Crippen LogP) is 4.35. The number of fused-ring (bicyclic) bond motifs is 1. The first kappa shape index (κ1) is 13.2. The Morgan fingerprint density at radius 3 is 2.95 bits per heavy atom. The summed E-state index contributed by atoms with van der Waals surface area (Å²) >= 11 is 1.71. The van der Waals surface area contributed by atoms with Crippen LogP contribution in [0.5, 0.6) is 5.75 Å². The molecule has 0 radical (unpaired) electrons. The molecule has 0 spiro atoms. The highest BCUT2D eigenvalue weighted by atomic mass is 32.1. The molecule has 3 aromatic rings. The standard InChI is InChI=1S/C16H17NO2S/c17-9-2-6-13(15-7-3-11-20-15)19-14-5-1-4-12-8-10-18-16(12)14/h1,3-5,7-8,10-11,13H,2,6,9,17H2/t13-/m1/s1. The van der Waals surface area contributed by atoms with Crippen molar-refractivity contribution in [2.24, 2.45) is 5.73 Å². The number of hydrogen-bond acceptors (Lipinski definition) is 4. The molecule has 0 saturated carbocycles. The molecule has 0 amide bonds. The van der Waals surface area contributed by atoms with E-state index in [2.05, 4.69) is 11.4 Å². The highest BCUT2D eigenvalue weighted by molar-refractivity contribution is 7.10. The molecule has 0 fully saturated rings. The zero-order chi connectivity index (χ0) is 13.8. The van der Waals surface area contributed by atoms with Crippen molar-refractivity contribution in [2.45, 2.75) is 18.9 Å². The Morgan fingerprint density at radius 1 is 1.20 bits per heavy atom. The van der Waals surface area contributed by atoms with Gasteiger partial charge in [0.15, 0.2) is 11.3 Å². The topological polar surface area (TPSA) is 48.4 Å². The van der Waals surface area contributed by atoms with Gasteiger partial charge in [-0.15, -0.1) is 11.3 Å². The van der Waals surface area contributed by atoms with Gasteiger partial charge in [-0.25, -0.2) is 0 Å². The van der Waals surface area contributed by atoms with Crippen LogP contribution in [0.1, 0.15) is 23.8 Å². The molecule has 0 aliphatic heterocycles. The zero-order valence-corrected chi connectivity index (χ0v) is 11.9. The summed E-state index contributed by atoms with van der Waals surface area (Å²) in [5.41, 5.74) is 6.43. The van der Waals surface area contributed by atoms with E-state index in [0.717, 1.165) is 29.6 Å². The SMILES string of the molecule is NCCC[C@@H](Oc1cccc2ccoc12)c1cccs1. The van der Waals surface area contributed by atoms with Gasteiger partial charge in [-0.1, -0.05) is 18.2 Å². The second-order valence-corrected chi connectivity index (χ2v) is 5.63. The predicted molar refractivity (Wildman–Crippen MR) is 82.2 cm³/mol. The van der Waals surface area contributed by atoms with E-state index < -0.39 is 0 Å². The molecule has 1 atom stereocenters. The fraction of sp³-hybridized carbons (Fsp3) is 0.250. The van der Waals surface area contributed by atoms with Gasteiger partial charge < -0.3 is 14.9 Å². The van der Waals surface area contributed by atoms with Crippen LogP contribution < -0.4 is 10.5 Å². The number of para-hydroxylation sites is 1. The highest BCUT2D eigenvalue weighted by Crippen LogP contribution is 2.33. The third-order valence-corrected chi connectivity index (χ3v) is 4.21. The zero-order valence-electron chi connectivity index (χ0n) is 11.1. The van der Waals surface area contributed by atoms with Crippen LogP contribution in [0.3, 0.4) is 0 Å². The van der Waals surface area contributed by atoms with E-state index in [1.807, 2.05) is 30.3 Å². The Labute approximate surface area is 122 Å². The average Bonchev–Trinajstić information content (AvgIpc) is 3.14. The van der Waals surface area contributed by atoms with E-state index in [-0.39, 0.29) is 6.10 Å². The summed E-state index contributed by atoms with van der Waals surface area (Å²) < 4.78 is 11.7. The van der Waals surface area contributed by atoms with Crippen LogP contribution in [-0.4, -0.2) is 6.54 Å². The Kier molecular flexibility index (Phi) is 4.04. The summed E-state index contributed by atoms with van der Waals surface area (Å²) in [6.45, 7) is 0.677. The van der Waals surface area contributed by atoms with Crippen molar-refractivity contribution in [3.8, 4) is 5.75 Å². The van der Waals surface area contributed by atoms with Crippen LogP contribution in [0.2, 0.25) is 0 Å². The van der Waals surface area contributed by atoms with Crippen molar-refractivity contribution < 1.29 is 9.15 Å². The summed E-state index contributed by atoms with van der Waals surface area (Å²) in [7, 11) is 0. The van der Waals surface area contributed by atoms with Gasteiger partial charge in [-0.05, 0) is 43.0 Å². The Bertz CT molecular complexity index is 660. The van der Waals surface area contributed by atoms with Crippen LogP contribution in [-0.2, 0) is 0 Å². The second kappa shape index (κ2) is 6.11. The molecule has 0 bridgehead atoms. The summed E-state index contributed by atoms with van der Waals surface area (Å²) in [6.07, 6.45) is 3.58. The maximum absolute atomic E-state index is 6.19. The van der Waals surface area contributed by atoms with Gasteiger partial charge >= 0.3 is 0 Å². The van der Waals surface area contributed by atoms with Gasteiger partial charge in [0.05, 0.1) is 6.26 Å². The molecule has 1 aromatic carbocycles. The minimum Gasteiger partial charge on any atom is -0.481 e. The van der Waals surface area contributed by atoms with E-state index in [4.69, 9.17) is 14.9 Å². The Balaban J connectivity index is 1.87. The summed E-state index contributed by atoms with van der Waals surface area (Å²) in [6, 6.07) is 12.1. The third kappa shape index (κ3) is 2.71. The Morgan fingerprint density at radius 2 is 2.15 bits per heavy atom. The lowest BCUT2D eigenvalue weighted by molar-refractivity contribution is 0.196. The first-order valence-corrected chi connectivity index (χ1v) is 7.63. The molecule has 0 aliphatic rings. The number of furan rings is 1. The second-order valence-electron chi connectivity index (χ2n) is 4.65. The third-order valence-electron chi connectivity index (χ3n) is 3.24. The normalized spacial score (nSPS) is 12.7. The smallest absolute Gasteiger partial charge is 0.175 e. The fourth-order valence-electron chi connectivity index (χ4n) is 2.25. The first-order valence-electron chi connectivity index (χ1n) is 6.75. The first-order chi connectivity index (χ1) is 9.88. The van der Waals surface area contributed by atoms with Gasteiger partial charge in [0.2, 0.25) is 0 Å². The number of rotatable bonds is 6. The molecule has 2 aromatic heterocycles. The highest BCUT2D eigenvalue weighted by Gasteiger charge is 2.16. The van der Waals surface area contributed by atoms with Crippen molar-refractivity contribution in [3.05, 3.63) is 52.9 Å². The molecule has 104 valence electrons. The number of hydrogen-bond donors (Lipinski definition) is 1.